The van der Waals surface area contributed by atoms with Gasteiger partial charge in [0.2, 0.25) is 0 Å². The molecule has 1 nitrogen and oxygen atoms in total. The molecule has 1 atom stereocenters. The summed E-state index contributed by atoms with van der Waals surface area (Å²) >= 11 is 0. The molecule has 0 aromatic rings. The lowest BCUT2D eigenvalue weighted by molar-refractivity contribution is 0.308. The molecule has 0 saturated carbocycles. The first-order valence-corrected chi connectivity index (χ1v) is 2.62. The second-order valence-electron chi connectivity index (χ2n) is 1.04. The average Bonchev–Trinajstić information content (AvgIpc) is 1.65. The number of rotatable bonds is 1. The van der Waals surface area contributed by atoms with Crippen molar-refractivity contribution in [3.8, 4) is 12.3 Å². The Morgan fingerprint density at radius 2 is 2.50 bits per heavy atom. The Morgan fingerprint density at radius 1 is 2.00 bits per heavy atom. The quantitative estimate of drug-likeness (QED) is 0.313. The zero-order valence-electron chi connectivity index (χ0n) is 4.06. The molecule has 0 aliphatic heterocycles. The van der Waals surface area contributed by atoms with Crippen LogP contribution in [0.3, 0.4) is 0 Å². The van der Waals surface area contributed by atoms with Crippen LogP contribution in [-0.2, 0) is 4.43 Å². The highest BCUT2D eigenvalue weighted by molar-refractivity contribution is 5.98. The van der Waals surface area contributed by atoms with Crippen LogP contribution in [0.25, 0.3) is 0 Å². The van der Waals surface area contributed by atoms with E-state index in [4.69, 9.17) is 10.8 Å². The van der Waals surface area contributed by atoms with Crippen LogP contribution >= 0.6 is 0 Å². The third-order valence-electron chi connectivity index (χ3n) is 0.588. The number of terminal acetylenes is 1. The first-order valence-electron chi connectivity index (χ1n) is 1.80. The highest BCUT2D eigenvalue weighted by atomic mass is 28.2. The van der Waals surface area contributed by atoms with Crippen molar-refractivity contribution >= 4 is 10.5 Å². The predicted molar refractivity (Wildman–Crippen MR) is 29.3 cm³/mol. The topological polar surface area (TPSA) is 9.23 Å². The smallest absolute Gasteiger partial charge is 0.147 e. The van der Waals surface area contributed by atoms with Gasteiger partial charge in [-0.15, -0.1) is 6.42 Å². The van der Waals surface area contributed by atoms with E-state index in [1.807, 2.05) is 6.92 Å². The summed E-state index contributed by atoms with van der Waals surface area (Å²) in [4.78, 5) is 0. The molecule has 0 amide bonds. The Labute approximate surface area is 41.2 Å². The molecule has 0 aliphatic carbocycles. The highest BCUT2D eigenvalue weighted by Crippen LogP contribution is 1.77. The van der Waals surface area contributed by atoms with Gasteiger partial charge in [0.25, 0.3) is 0 Å². The molecule has 0 aromatic carbocycles. The third kappa shape index (κ3) is 2.00. The predicted octanol–water partition coefficient (Wildman–Crippen LogP) is -0.695. The fourth-order valence-corrected chi connectivity index (χ4v) is 0.204. The van der Waals surface area contributed by atoms with Crippen molar-refractivity contribution in [3.05, 3.63) is 0 Å². The number of hydrogen-bond acceptors (Lipinski definition) is 1. The molecule has 0 N–H and O–H groups in total. The molecule has 0 spiro atoms. The normalized spacial score (nSPS) is 13.3. The Morgan fingerprint density at radius 3 is 2.50 bits per heavy atom. The van der Waals surface area contributed by atoms with E-state index in [0.717, 1.165) is 10.5 Å². The summed E-state index contributed by atoms with van der Waals surface area (Å²) in [5, 5.41) is 0. The molecule has 0 bridgehead atoms. The summed E-state index contributed by atoms with van der Waals surface area (Å²) in [5.74, 6) is 2.43. The Hall–Kier alpha value is -0.263. The summed E-state index contributed by atoms with van der Waals surface area (Å²) in [5.41, 5.74) is 0. The van der Waals surface area contributed by atoms with Crippen molar-refractivity contribution < 1.29 is 4.43 Å². The maximum absolute atomic E-state index is 4.93. The van der Waals surface area contributed by atoms with Crippen molar-refractivity contribution in [2.75, 3.05) is 0 Å². The lowest BCUT2D eigenvalue weighted by Crippen LogP contribution is -1.99. The average molecular weight is 100 g/mol. The van der Waals surface area contributed by atoms with Crippen LogP contribution in [0.1, 0.15) is 6.92 Å². The monoisotopic (exact) mass is 100 g/mol. The molecule has 0 radical (unpaired) electrons. The molecule has 0 aromatic heterocycles. The summed E-state index contributed by atoms with van der Waals surface area (Å²) < 4.78 is 4.80. The molecule has 2 heteroatoms. The van der Waals surface area contributed by atoms with E-state index in [2.05, 4.69) is 5.92 Å². The fourth-order valence-electron chi connectivity index (χ4n) is 0.0680. The molecule has 34 valence electrons. The van der Waals surface area contributed by atoms with Crippen molar-refractivity contribution in [1.82, 2.24) is 0 Å². The van der Waals surface area contributed by atoms with Gasteiger partial charge in [-0.3, -0.25) is 0 Å². The van der Waals surface area contributed by atoms with Gasteiger partial charge in [-0.25, -0.2) is 0 Å². The molecule has 0 rings (SSSR count). The fraction of sp³-hybridized carbons (Fsp3) is 0.500. The van der Waals surface area contributed by atoms with Crippen LogP contribution in [0.2, 0.25) is 0 Å². The van der Waals surface area contributed by atoms with Crippen molar-refractivity contribution in [3.63, 3.8) is 0 Å². The van der Waals surface area contributed by atoms with E-state index in [1.54, 1.807) is 0 Å². The highest BCUT2D eigenvalue weighted by Gasteiger charge is 1.83. The Balaban J connectivity index is 3.04. The minimum Gasteiger partial charge on any atom is -0.415 e. The van der Waals surface area contributed by atoms with Gasteiger partial charge in [-0.1, -0.05) is 5.92 Å². The van der Waals surface area contributed by atoms with Crippen LogP contribution in [-0.4, -0.2) is 16.6 Å². The first-order chi connectivity index (χ1) is 2.81. The van der Waals surface area contributed by atoms with E-state index >= 15 is 0 Å². The number of hydrogen-bond donors (Lipinski definition) is 0. The zero-order chi connectivity index (χ0) is 4.99. The van der Waals surface area contributed by atoms with Crippen molar-refractivity contribution in [2.45, 2.75) is 13.0 Å². The molecule has 0 fully saturated rings. The molecular weight excluding hydrogens is 92.1 g/mol. The molecule has 6 heavy (non-hydrogen) atoms. The summed E-state index contributed by atoms with van der Waals surface area (Å²) in [6, 6.07) is 0. The van der Waals surface area contributed by atoms with Gasteiger partial charge < -0.3 is 4.43 Å². The van der Waals surface area contributed by atoms with Gasteiger partial charge in [0.05, 0.1) is 0 Å². The first kappa shape index (κ1) is 5.74. The van der Waals surface area contributed by atoms with Crippen LogP contribution < -0.4 is 0 Å². The largest absolute Gasteiger partial charge is 0.415 e. The van der Waals surface area contributed by atoms with E-state index in [9.17, 15) is 0 Å². The van der Waals surface area contributed by atoms with Gasteiger partial charge in [0.15, 0.2) is 0 Å². The SMILES string of the molecule is C#C[C@@H](C)O[SiH3]. The maximum atomic E-state index is 4.93. The lowest BCUT2D eigenvalue weighted by Gasteiger charge is -1.95. The van der Waals surface area contributed by atoms with E-state index in [-0.39, 0.29) is 6.10 Å². The summed E-state index contributed by atoms with van der Waals surface area (Å²) in [6.07, 6.45) is 4.95. The van der Waals surface area contributed by atoms with E-state index < -0.39 is 0 Å². The van der Waals surface area contributed by atoms with Crippen LogP contribution in [0, 0.1) is 12.3 Å². The Bertz CT molecular complexity index is 64.4. The van der Waals surface area contributed by atoms with E-state index in [0.29, 0.717) is 0 Å². The molecular formula is C4H8OSi. The van der Waals surface area contributed by atoms with E-state index in [1.165, 1.54) is 0 Å². The van der Waals surface area contributed by atoms with Gasteiger partial charge in [0, 0.05) is 0 Å². The second-order valence-corrected chi connectivity index (χ2v) is 1.52. The zero-order valence-corrected chi connectivity index (χ0v) is 6.06. The maximum Gasteiger partial charge on any atom is 0.147 e. The van der Waals surface area contributed by atoms with Gasteiger partial charge in [-0.05, 0) is 6.92 Å². The molecule has 0 heterocycles. The summed E-state index contributed by atoms with van der Waals surface area (Å²) in [6.45, 7) is 1.85. The molecule has 0 saturated heterocycles. The minimum absolute atomic E-state index is 0.0247. The van der Waals surface area contributed by atoms with Crippen molar-refractivity contribution in [2.24, 2.45) is 0 Å². The van der Waals surface area contributed by atoms with Crippen LogP contribution in [0.4, 0.5) is 0 Å². The standard InChI is InChI=1S/C4H8OSi/c1-3-4(2)5-6/h1,4H,2,6H3/t4-/m1/s1. The van der Waals surface area contributed by atoms with Gasteiger partial charge in [-0.2, -0.15) is 0 Å². The molecule has 0 unspecified atom stereocenters. The van der Waals surface area contributed by atoms with Gasteiger partial charge in [0.1, 0.15) is 16.6 Å². The van der Waals surface area contributed by atoms with Gasteiger partial charge >= 0.3 is 0 Å². The Kier molecular flexibility index (Phi) is 2.82. The lowest BCUT2D eigenvalue weighted by atomic mass is 10.4. The van der Waals surface area contributed by atoms with Crippen molar-refractivity contribution in [1.29, 1.82) is 0 Å². The van der Waals surface area contributed by atoms with Crippen LogP contribution in [0.5, 0.6) is 0 Å². The second kappa shape index (κ2) is 2.95. The third-order valence-corrected chi connectivity index (χ3v) is 1.30. The molecule has 0 aliphatic rings. The van der Waals surface area contributed by atoms with Crippen LogP contribution in [0.15, 0.2) is 0 Å². The summed E-state index contributed by atoms with van der Waals surface area (Å²) in [7, 11) is 0.740. The minimum atomic E-state index is 0.0247.